The van der Waals surface area contributed by atoms with Crippen LogP contribution < -0.4 is 5.32 Å². The molecule has 0 unspecified atom stereocenters. The van der Waals surface area contributed by atoms with Crippen LogP contribution in [0.3, 0.4) is 0 Å². The Morgan fingerprint density at radius 1 is 1.02 bits per heavy atom. The third-order valence-electron chi connectivity index (χ3n) is 5.65. The Bertz CT molecular complexity index is 1700. The van der Waals surface area contributed by atoms with Gasteiger partial charge in [0.05, 0.1) is 11.3 Å². The highest BCUT2D eigenvalue weighted by Gasteiger charge is 2.29. The van der Waals surface area contributed by atoms with Gasteiger partial charge in [-0.2, -0.15) is 22.7 Å². The molecule has 3 aromatic heterocycles. The second-order valence-corrected chi connectivity index (χ2v) is 10.4. The Morgan fingerprint density at radius 3 is 2.48 bits per heavy atom. The first kappa shape index (κ1) is 27.5. The molecule has 0 atom stereocenters. The number of aryl methyl sites for hydroxylation is 1. The van der Waals surface area contributed by atoms with Crippen LogP contribution in [0.4, 0.5) is 24.7 Å². The van der Waals surface area contributed by atoms with Crippen molar-refractivity contribution in [3.63, 3.8) is 0 Å². The van der Waals surface area contributed by atoms with Crippen molar-refractivity contribution in [2.75, 3.05) is 5.32 Å². The molecule has 202 valence electrons. The molecule has 0 saturated carbocycles. The molecular formula is C28H20BrF3N6OS. The SMILES string of the molecule is Cc1cc(Nc2ccc(C(=O)/C=C/c3cccc(Br)n3)cc2)n2nc(SCc3ccc(C(F)(F)F)cc3)nc2n1. The molecule has 5 rings (SSSR count). The third-order valence-corrected chi connectivity index (χ3v) is 7.00. The number of hydrogen-bond donors (Lipinski definition) is 1. The van der Waals surface area contributed by atoms with Crippen LogP contribution in [0.2, 0.25) is 0 Å². The number of hydrogen-bond acceptors (Lipinski definition) is 7. The number of nitrogens with zero attached hydrogens (tertiary/aromatic N) is 5. The van der Waals surface area contributed by atoms with Crippen LogP contribution in [-0.2, 0) is 11.9 Å². The largest absolute Gasteiger partial charge is 0.416 e. The predicted octanol–water partition coefficient (Wildman–Crippen LogP) is 7.54. The van der Waals surface area contributed by atoms with E-state index in [9.17, 15) is 18.0 Å². The normalized spacial score (nSPS) is 11.8. The molecule has 40 heavy (non-hydrogen) atoms. The molecule has 0 bridgehead atoms. The van der Waals surface area contributed by atoms with Gasteiger partial charge >= 0.3 is 6.18 Å². The van der Waals surface area contributed by atoms with E-state index in [0.29, 0.717) is 38.4 Å². The molecule has 2 aromatic carbocycles. The first-order valence-corrected chi connectivity index (χ1v) is 13.7. The average Bonchev–Trinajstić information content (AvgIpc) is 3.34. The van der Waals surface area contributed by atoms with Crippen LogP contribution >= 0.6 is 27.7 Å². The first-order chi connectivity index (χ1) is 19.1. The monoisotopic (exact) mass is 624 g/mol. The van der Waals surface area contributed by atoms with Gasteiger partial charge in [-0.05, 0) is 89.1 Å². The molecule has 0 radical (unpaired) electrons. The second kappa shape index (κ2) is 11.6. The maximum Gasteiger partial charge on any atom is 0.416 e. The lowest BCUT2D eigenvalue weighted by Crippen LogP contribution is -2.04. The standard InChI is InChI=1S/C28H20BrF3N6OS/c1-17-15-25(35-22-11-7-19(8-12-22)23(39)14-13-21-3-2-4-24(29)34-21)38-26(33-17)36-27(37-38)40-16-18-5-9-20(10-6-18)28(30,31)32/h2-15,35H,16H2,1H3/b14-13+. The predicted molar refractivity (Wildman–Crippen MR) is 152 cm³/mol. The van der Waals surface area contributed by atoms with Gasteiger partial charge in [-0.15, -0.1) is 5.10 Å². The van der Waals surface area contributed by atoms with Gasteiger partial charge in [0, 0.05) is 28.8 Å². The molecule has 0 fully saturated rings. The average molecular weight is 625 g/mol. The van der Waals surface area contributed by atoms with Crippen molar-refractivity contribution in [2.45, 2.75) is 24.0 Å². The number of carbonyl (C=O) groups excluding carboxylic acids is 1. The number of allylic oxidation sites excluding steroid dienone is 1. The third kappa shape index (κ3) is 6.75. The lowest BCUT2D eigenvalue weighted by atomic mass is 10.1. The van der Waals surface area contributed by atoms with Crippen molar-refractivity contribution in [3.05, 3.63) is 112 Å². The highest BCUT2D eigenvalue weighted by molar-refractivity contribution is 9.10. The number of fused-ring (bicyclic) bond motifs is 1. The van der Waals surface area contributed by atoms with E-state index in [0.717, 1.165) is 29.1 Å². The number of thioether (sulfide) groups is 1. The minimum absolute atomic E-state index is 0.151. The molecule has 3 heterocycles. The summed E-state index contributed by atoms with van der Waals surface area (Å²) in [6, 6.07) is 19.3. The van der Waals surface area contributed by atoms with E-state index in [4.69, 9.17) is 0 Å². The topological polar surface area (TPSA) is 85.1 Å². The number of alkyl halides is 3. The van der Waals surface area contributed by atoms with Crippen molar-refractivity contribution in [3.8, 4) is 0 Å². The zero-order valence-corrected chi connectivity index (χ0v) is 23.3. The van der Waals surface area contributed by atoms with E-state index in [1.807, 2.05) is 31.2 Å². The summed E-state index contributed by atoms with van der Waals surface area (Å²) in [6.45, 7) is 1.84. The molecule has 5 aromatic rings. The molecule has 0 amide bonds. The summed E-state index contributed by atoms with van der Waals surface area (Å²) in [6.07, 6.45) is -1.23. The highest BCUT2D eigenvalue weighted by Crippen LogP contribution is 2.30. The smallest absolute Gasteiger partial charge is 0.340 e. The van der Waals surface area contributed by atoms with Crippen LogP contribution in [-0.4, -0.2) is 30.3 Å². The van der Waals surface area contributed by atoms with Gasteiger partial charge in [-0.25, -0.2) is 9.97 Å². The molecule has 12 heteroatoms. The molecule has 0 aliphatic heterocycles. The van der Waals surface area contributed by atoms with Crippen LogP contribution in [0.5, 0.6) is 0 Å². The fourth-order valence-corrected chi connectivity index (χ4v) is 4.83. The summed E-state index contributed by atoms with van der Waals surface area (Å²) in [5.41, 5.74) is 2.68. The van der Waals surface area contributed by atoms with Crippen LogP contribution in [0.15, 0.2) is 88.6 Å². The number of pyridine rings is 1. The number of benzene rings is 2. The molecular weight excluding hydrogens is 605 g/mol. The highest BCUT2D eigenvalue weighted by atomic mass is 79.9. The molecule has 0 aliphatic carbocycles. The van der Waals surface area contributed by atoms with Crippen molar-refractivity contribution in [1.82, 2.24) is 24.6 Å². The van der Waals surface area contributed by atoms with Gasteiger partial charge in [-0.1, -0.05) is 30.0 Å². The van der Waals surface area contributed by atoms with Crippen LogP contribution in [0.1, 0.15) is 32.9 Å². The Balaban J connectivity index is 1.27. The molecule has 0 aliphatic rings. The maximum atomic E-state index is 12.8. The number of ketones is 1. The lowest BCUT2D eigenvalue weighted by Gasteiger charge is -2.09. The Morgan fingerprint density at radius 2 is 1.77 bits per heavy atom. The van der Waals surface area contributed by atoms with Crippen LogP contribution in [0.25, 0.3) is 11.9 Å². The zero-order valence-electron chi connectivity index (χ0n) is 20.9. The van der Waals surface area contributed by atoms with Crippen molar-refractivity contribution in [1.29, 1.82) is 0 Å². The van der Waals surface area contributed by atoms with Gasteiger partial charge < -0.3 is 5.32 Å². The fraction of sp³-hybridized carbons (Fsp3) is 0.107. The Hall–Kier alpha value is -4.03. The Kier molecular flexibility index (Phi) is 7.99. The summed E-state index contributed by atoms with van der Waals surface area (Å²) in [5.74, 6) is 1.26. The van der Waals surface area contributed by atoms with Gasteiger partial charge in [0.2, 0.25) is 5.16 Å². The van der Waals surface area contributed by atoms with Gasteiger partial charge in [0.25, 0.3) is 5.78 Å². The van der Waals surface area contributed by atoms with Crippen molar-refractivity contribution < 1.29 is 18.0 Å². The minimum Gasteiger partial charge on any atom is -0.340 e. The lowest BCUT2D eigenvalue weighted by molar-refractivity contribution is -0.137. The molecule has 0 spiro atoms. The number of carbonyl (C=O) groups is 1. The van der Waals surface area contributed by atoms with Crippen LogP contribution in [0, 0.1) is 6.92 Å². The summed E-state index contributed by atoms with van der Waals surface area (Å²) < 4.78 is 40.7. The van der Waals surface area contributed by atoms with Gasteiger partial charge in [0.15, 0.2) is 5.78 Å². The van der Waals surface area contributed by atoms with E-state index >= 15 is 0 Å². The maximum absolute atomic E-state index is 12.8. The van der Waals surface area contributed by atoms with E-state index in [1.165, 1.54) is 30.0 Å². The minimum atomic E-state index is -4.37. The Labute approximate surface area is 239 Å². The molecule has 7 nitrogen and oxygen atoms in total. The number of anilines is 2. The molecule has 1 N–H and O–H groups in total. The van der Waals surface area contributed by atoms with Crippen molar-refractivity contribution in [2.24, 2.45) is 0 Å². The summed E-state index contributed by atoms with van der Waals surface area (Å²) in [4.78, 5) is 25.8. The molecule has 0 saturated heterocycles. The zero-order chi connectivity index (χ0) is 28.3. The van der Waals surface area contributed by atoms with E-state index in [1.54, 1.807) is 34.9 Å². The fourth-order valence-electron chi connectivity index (χ4n) is 3.70. The number of rotatable bonds is 8. The summed E-state index contributed by atoms with van der Waals surface area (Å²) >= 11 is 4.61. The quantitative estimate of drug-likeness (QED) is 0.0826. The van der Waals surface area contributed by atoms with E-state index in [-0.39, 0.29) is 5.78 Å². The van der Waals surface area contributed by atoms with E-state index < -0.39 is 11.7 Å². The van der Waals surface area contributed by atoms with Crippen molar-refractivity contribution >= 4 is 56.8 Å². The number of halogens is 4. The number of nitrogens with one attached hydrogen (secondary N) is 1. The summed E-state index contributed by atoms with van der Waals surface area (Å²) in [7, 11) is 0. The second-order valence-electron chi connectivity index (χ2n) is 8.66. The van der Waals surface area contributed by atoms with E-state index in [2.05, 4.69) is 41.3 Å². The van der Waals surface area contributed by atoms with Gasteiger partial charge in [-0.3, -0.25) is 4.79 Å². The first-order valence-electron chi connectivity index (χ1n) is 11.9. The summed E-state index contributed by atoms with van der Waals surface area (Å²) in [5, 5.41) is 8.24. The number of aromatic nitrogens is 5. The van der Waals surface area contributed by atoms with Gasteiger partial charge in [0.1, 0.15) is 10.4 Å².